The number of rotatable bonds is 6. The molecule has 0 N–H and O–H groups in total. The Kier molecular flexibility index (Phi) is 6.34. The normalized spacial score (nSPS) is 50.0. The van der Waals surface area contributed by atoms with Gasteiger partial charge in [-0.05, 0) is 55.3 Å². The maximum atomic E-state index is 14.1. The lowest BCUT2D eigenvalue weighted by atomic mass is 9.43. The van der Waals surface area contributed by atoms with Gasteiger partial charge in [0.05, 0.1) is 35.5 Å². The predicted molar refractivity (Wildman–Crippen MR) is 150 cm³/mol. The van der Waals surface area contributed by atoms with Crippen LogP contribution in [0.15, 0.2) is 24.3 Å². The molecular formula is C33H42F3NO7. The number of fused-ring (bicyclic) bond motifs is 1. The van der Waals surface area contributed by atoms with Crippen molar-refractivity contribution < 1.29 is 46.4 Å². The van der Waals surface area contributed by atoms with Crippen molar-refractivity contribution in [2.45, 2.75) is 87.4 Å². The van der Waals surface area contributed by atoms with E-state index in [1.807, 2.05) is 0 Å². The number of halogens is 3. The summed E-state index contributed by atoms with van der Waals surface area (Å²) in [5.41, 5.74) is -3.69. The number of esters is 1. The number of ether oxygens (including phenoxy) is 6. The van der Waals surface area contributed by atoms with Gasteiger partial charge >= 0.3 is 12.1 Å². The second kappa shape index (κ2) is 9.41. The Morgan fingerprint density at radius 2 is 1.93 bits per heavy atom. The molecule has 2 saturated heterocycles. The number of carbonyl (C=O) groups is 1. The third-order valence-corrected chi connectivity index (χ3v) is 13.5. The first kappa shape index (κ1) is 29.6. The maximum absolute atomic E-state index is 14.1. The summed E-state index contributed by atoms with van der Waals surface area (Å²) in [4.78, 5) is 16.6. The molecule has 8 nitrogen and oxygen atoms in total. The molecule has 7 bridgehead atoms. The van der Waals surface area contributed by atoms with Crippen LogP contribution < -0.4 is 0 Å². The smallest absolute Gasteiger partial charge is 0.416 e. The van der Waals surface area contributed by atoms with Crippen molar-refractivity contribution in [2.75, 3.05) is 41.2 Å². The standard InChI is InChI=1S/C33H42F3NO7/c1-6-37-15-29(2)11-10-22(40-4)31-20-13-19-21(39-3)14-30(23(20)24(19)41-5)32(28(31)37,43-16-42-30)26(25(29)31)44-27(38)17-8-7-9-18(12-17)33(34,35)36/h7-9,12,19-26,28H,6,10-11,13-16H2,1-5H3/t19-,20-,21+,22+,23-,24+,25-,26+,28+,29+,30-,31+,32+/m1/s1. The summed E-state index contributed by atoms with van der Waals surface area (Å²) in [7, 11) is 5.27. The van der Waals surface area contributed by atoms with Crippen LogP contribution in [0, 0.1) is 34.5 Å². The zero-order valence-electron chi connectivity index (χ0n) is 25.9. The van der Waals surface area contributed by atoms with Crippen LogP contribution in [0.2, 0.25) is 0 Å². The molecule has 5 saturated carbocycles. The van der Waals surface area contributed by atoms with Crippen molar-refractivity contribution in [2.24, 2.45) is 34.5 Å². The Morgan fingerprint density at radius 3 is 2.61 bits per heavy atom. The number of methoxy groups -OCH3 is 3. The van der Waals surface area contributed by atoms with Gasteiger partial charge in [0.15, 0.2) is 5.60 Å². The molecule has 0 unspecified atom stereocenters. The van der Waals surface area contributed by atoms with Gasteiger partial charge in [0, 0.05) is 57.5 Å². The molecule has 242 valence electrons. The largest absolute Gasteiger partial charge is 0.455 e. The molecule has 3 spiro atoms. The minimum atomic E-state index is -4.58. The molecule has 0 radical (unpaired) electrons. The van der Waals surface area contributed by atoms with Gasteiger partial charge in [-0.3, -0.25) is 4.90 Å². The van der Waals surface area contributed by atoms with Crippen LogP contribution in [0.4, 0.5) is 13.2 Å². The first-order valence-electron chi connectivity index (χ1n) is 16.0. The van der Waals surface area contributed by atoms with Gasteiger partial charge in [0.25, 0.3) is 0 Å². The zero-order chi connectivity index (χ0) is 31.0. The maximum Gasteiger partial charge on any atom is 0.416 e. The first-order valence-corrected chi connectivity index (χ1v) is 16.0. The Hall–Kier alpha value is -1.76. The molecule has 0 aromatic heterocycles. The summed E-state index contributed by atoms with van der Waals surface area (Å²) in [6, 6.07) is 4.32. The lowest BCUT2D eigenvalue weighted by Crippen LogP contribution is -2.81. The molecule has 13 atom stereocenters. The molecular weight excluding hydrogens is 579 g/mol. The van der Waals surface area contributed by atoms with E-state index in [0.29, 0.717) is 6.42 Å². The van der Waals surface area contributed by atoms with Crippen LogP contribution in [0.1, 0.15) is 55.5 Å². The number of likely N-dealkylation sites (N-methyl/N-ethyl adjacent to an activating group) is 1. The van der Waals surface area contributed by atoms with Crippen LogP contribution in [0.5, 0.6) is 0 Å². The Bertz CT molecular complexity index is 1360. The highest BCUT2D eigenvalue weighted by Gasteiger charge is 2.94. The van der Waals surface area contributed by atoms with E-state index in [0.717, 1.165) is 44.5 Å². The molecule has 5 aliphatic carbocycles. The van der Waals surface area contributed by atoms with E-state index in [1.54, 1.807) is 21.3 Å². The molecule has 7 aliphatic rings. The lowest BCUT2D eigenvalue weighted by molar-refractivity contribution is -0.282. The molecule has 0 amide bonds. The summed E-state index contributed by atoms with van der Waals surface area (Å²) < 4.78 is 80.5. The van der Waals surface area contributed by atoms with Gasteiger partial charge in [0.2, 0.25) is 0 Å². The van der Waals surface area contributed by atoms with E-state index in [1.165, 1.54) is 12.1 Å². The fourth-order valence-electron chi connectivity index (χ4n) is 12.6. The summed E-state index contributed by atoms with van der Waals surface area (Å²) in [6.45, 7) is 6.06. The number of piperidine rings is 1. The highest BCUT2D eigenvalue weighted by Crippen LogP contribution is 2.82. The summed E-state index contributed by atoms with van der Waals surface area (Å²) in [5.74, 6) is -0.673. The van der Waals surface area contributed by atoms with Gasteiger partial charge in [-0.15, -0.1) is 0 Å². The van der Waals surface area contributed by atoms with Crippen molar-refractivity contribution >= 4 is 5.97 Å². The minimum absolute atomic E-state index is 0.0313. The van der Waals surface area contributed by atoms with Gasteiger partial charge in [-0.2, -0.15) is 13.2 Å². The zero-order valence-corrected chi connectivity index (χ0v) is 25.9. The van der Waals surface area contributed by atoms with Gasteiger partial charge in [-0.1, -0.05) is 19.9 Å². The van der Waals surface area contributed by atoms with Gasteiger partial charge < -0.3 is 28.4 Å². The molecule has 11 heteroatoms. The molecule has 8 rings (SSSR count). The SMILES string of the molecule is CCN1C[C@]2(C)CC[C@H](OC)[C@@]34[C@@H]5C[C@H]6[C@H](OC)[C@@H]5[C@@]5(C[C@@H]6OC)OCO[C@@]5([C@@H](OC(=O)c5cccc(C(F)(F)F)c5)[C@H]23)[C@@H]14. The van der Waals surface area contributed by atoms with Crippen LogP contribution in [0.3, 0.4) is 0 Å². The molecule has 1 aromatic rings. The highest BCUT2D eigenvalue weighted by molar-refractivity contribution is 5.90. The Morgan fingerprint density at radius 1 is 1.14 bits per heavy atom. The first-order chi connectivity index (χ1) is 21.0. The fourth-order valence-corrected chi connectivity index (χ4v) is 12.6. The van der Waals surface area contributed by atoms with E-state index in [-0.39, 0.29) is 65.8 Å². The van der Waals surface area contributed by atoms with Crippen molar-refractivity contribution in [1.29, 1.82) is 0 Å². The highest BCUT2D eigenvalue weighted by atomic mass is 19.4. The molecule has 2 heterocycles. The van der Waals surface area contributed by atoms with E-state index in [2.05, 4.69) is 18.7 Å². The summed E-state index contributed by atoms with van der Waals surface area (Å²) in [5, 5.41) is 0. The van der Waals surface area contributed by atoms with E-state index in [9.17, 15) is 18.0 Å². The third-order valence-electron chi connectivity index (χ3n) is 13.5. The summed E-state index contributed by atoms with van der Waals surface area (Å²) in [6.07, 6.45) is -2.59. The fraction of sp³-hybridized carbons (Fsp3) is 0.788. The monoisotopic (exact) mass is 621 g/mol. The number of alkyl halides is 3. The Balaban J connectivity index is 1.37. The second-order valence-corrected chi connectivity index (χ2v) is 14.6. The van der Waals surface area contributed by atoms with E-state index in [4.69, 9.17) is 28.4 Å². The topological polar surface area (TPSA) is 75.7 Å². The molecule has 7 fully saturated rings. The molecule has 2 aliphatic heterocycles. The van der Waals surface area contributed by atoms with Crippen molar-refractivity contribution in [3.05, 3.63) is 35.4 Å². The van der Waals surface area contributed by atoms with E-state index < -0.39 is 40.4 Å². The lowest BCUT2D eigenvalue weighted by Gasteiger charge is -2.69. The molecule has 1 aromatic carbocycles. The third kappa shape index (κ3) is 3.20. The minimum Gasteiger partial charge on any atom is -0.455 e. The van der Waals surface area contributed by atoms with E-state index >= 15 is 0 Å². The number of hydrogen-bond donors (Lipinski definition) is 0. The second-order valence-electron chi connectivity index (χ2n) is 14.6. The Labute approximate surface area is 255 Å². The predicted octanol–water partition coefficient (Wildman–Crippen LogP) is 4.55. The molecule has 44 heavy (non-hydrogen) atoms. The number of hydrogen-bond acceptors (Lipinski definition) is 8. The van der Waals surface area contributed by atoms with Gasteiger partial charge in [0.1, 0.15) is 18.5 Å². The number of likely N-dealkylation sites (tertiary alicyclic amines) is 1. The van der Waals surface area contributed by atoms with Crippen molar-refractivity contribution in [1.82, 2.24) is 4.90 Å². The van der Waals surface area contributed by atoms with Crippen molar-refractivity contribution in [3.63, 3.8) is 0 Å². The number of nitrogens with zero attached hydrogens (tertiary/aromatic N) is 1. The quantitative estimate of drug-likeness (QED) is 0.429. The average molecular weight is 622 g/mol. The summed E-state index contributed by atoms with van der Waals surface area (Å²) >= 11 is 0. The number of benzene rings is 1. The van der Waals surface area contributed by atoms with Crippen LogP contribution in [0.25, 0.3) is 0 Å². The number of carbonyl (C=O) groups excluding carboxylic acids is 1. The van der Waals surface area contributed by atoms with Crippen LogP contribution in [-0.2, 0) is 34.6 Å². The van der Waals surface area contributed by atoms with Gasteiger partial charge in [-0.25, -0.2) is 4.79 Å². The van der Waals surface area contributed by atoms with Crippen LogP contribution >= 0.6 is 0 Å². The average Bonchev–Trinajstić information content (AvgIpc) is 3.59. The van der Waals surface area contributed by atoms with Crippen LogP contribution in [-0.4, -0.2) is 93.7 Å². The van der Waals surface area contributed by atoms with Crippen molar-refractivity contribution in [3.8, 4) is 0 Å².